The summed E-state index contributed by atoms with van der Waals surface area (Å²) >= 11 is 0. The number of rotatable bonds is 2. The SMILES string of the molecule is Cc1c(F)c(F)c(C(C)(C#N)c2ccccc2)c(F)c1F. The molecule has 2 aromatic carbocycles. The van der Waals surface area contributed by atoms with Crippen molar-refractivity contribution in [2.24, 2.45) is 0 Å². The topological polar surface area (TPSA) is 23.8 Å². The summed E-state index contributed by atoms with van der Waals surface area (Å²) in [6.07, 6.45) is 0. The second-order valence-electron chi connectivity index (χ2n) is 4.86. The molecule has 1 nitrogen and oxygen atoms in total. The molecule has 21 heavy (non-hydrogen) atoms. The van der Waals surface area contributed by atoms with Gasteiger partial charge in [0.1, 0.15) is 5.41 Å². The fraction of sp³-hybridized carbons (Fsp3) is 0.188. The average molecular weight is 293 g/mol. The zero-order valence-electron chi connectivity index (χ0n) is 11.3. The molecule has 0 aromatic heterocycles. The Morgan fingerprint density at radius 3 is 1.81 bits per heavy atom. The summed E-state index contributed by atoms with van der Waals surface area (Å²) < 4.78 is 55.7. The van der Waals surface area contributed by atoms with E-state index in [1.165, 1.54) is 19.1 Å². The molecule has 1 unspecified atom stereocenters. The van der Waals surface area contributed by atoms with Gasteiger partial charge in [0, 0.05) is 5.56 Å². The van der Waals surface area contributed by atoms with Gasteiger partial charge < -0.3 is 0 Å². The lowest BCUT2D eigenvalue weighted by Crippen LogP contribution is -2.26. The predicted molar refractivity (Wildman–Crippen MR) is 69.5 cm³/mol. The molecule has 0 bridgehead atoms. The van der Waals surface area contributed by atoms with Crippen LogP contribution in [-0.2, 0) is 5.41 Å². The van der Waals surface area contributed by atoms with Gasteiger partial charge in [-0.3, -0.25) is 0 Å². The minimum absolute atomic E-state index is 0.243. The third-order valence-corrected chi connectivity index (χ3v) is 3.56. The molecule has 0 saturated carbocycles. The van der Waals surface area contributed by atoms with Crippen LogP contribution in [0, 0.1) is 41.5 Å². The maximum atomic E-state index is 14.1. The van der Waals surface area contributed by atoms with Crippen molar-refractivity contribution in [1.29, 1.82) is 5.26 Å². The monoisotopic (exact) mass is 293 g/mol. The maximum Gasteiger partial charge on any atom is 0.167 e. The lowest BCUT2D eigenvalue weighted by molar-refractivity contribution is 0.417. The highest BCUT2D eigenvalue weighted by molar-refractivity contribution is 5.47. The van der Waals surface area contributed by atoms with E-state index in [0.29, 0.717) is 0 Å². The number of hydrogen-bond donors (Lipinski definition) is 0. The smallest absolute Gasteiger partial charge is 0.167 e. The molecule has 2 rings (SSSR count). The van der Waals surface area contributed by atoms with Crippen LogP contribution in [0.1, 0.15) is 23.6 Å². The van der Waals surface area contributed by atoms with Crippen LogP contribution in [-0.4, -0.2) is 0 Å². The first-order chi connectivity index (χ1) is 9.84. The molecule has 108 valence electrons. The van der Waals surface area contributed by atoms with Crippen LogP contribution in [0.15, 0.2) is 30.3 Å². The van der Waals surface area contributed by atoms with Crippen molar-refractivity contribution in [3.05, 3.63) is 70.3 Å². The van der Waals surface area contributed by atoms with Crippen molar-refractivity contribution in [3.63, 3.8) is 0 Å². The number of hydrogen-bond acceptors (Lipinski definition) is 1. The predicted octanol–water partition coefficient (Wildman–Crippen LogP) is 4.38. The van der Waals surface area contributed by atoms with Gasteiger partial charge in [0.15, 0.2) is 23.3 Å². The van der Waals surface area contributed by atoms with Crippen molar-refractivity contribution < 1.29 is 17.6 Å². The van der Waals surface area contributed by atoms with Crippen molar-refractivity contribution in [2.45, 2.75) is 19.3 Å². The standard InChI is InChI=1S/C16H11F4N/c1-9-12(17)14(19)11(15(20)13(9)18)16(2,8-21)10-6-4-3-5-7-10/h3-7H,1-2H3. The van der Waals surface area contributed by atoms with E-state index in [4.69, 9.17) is 0 Å². The van der Waals surface area contributed by atoms with Gasteiger partial charge in [0.05, 0.1) is 11.6 Å². The lowest BCUT2D eigenvalue weighted by atomic mass is 9.76. The van der Waals surface area contributed by atoms with Crippen molar-refractivity contribution in [1.82, 2.24) is 0 Å². The van der Waals surface area contributed by atoms with Gasteiger partial charge in [0.2, 0.25) is 0 Å². The first-order valence-corrected chi connectivity index (χ1v) is 6.14. The largest absolute Gasteiger partial charge is 0.203 e. The molecule has 0 N–H and O–H groups in total. The summed E-state index contributed by atoms with van der Waals surface area (Å²) in [7, 11) is 0. The highest BCUT2D eigenvalue weighted by Gasteiger charge is 2.38. The molecule has 0 radical (unpaired) electrons. The molecule has 0 spiro atoms. The molecule has 0 heterocycles. The van der Waals surface area contributed by atoms with Gasteiger partial charge in [-0.1, -0.05) is 30.3 Å². The van der Waals surface area contributed by atoms with Gasteiger partial charge in [0.25, 0.3) is 0 Å². The van der Waals surface area contributed by atoms with E-state index in [9.17, 15) is 22.8 Å². The van der Waals surface area contributed by atoms with Crippen LogP contribution in [0.25, 0.3) is 0 Å². The summed E-state index contributed by atoms with van der Waals surface area (Å²) in [5.41, 5.74) is -3.27. The van der Waals surface area contributed by atoms with Crippen molar-refractivity contribution >= 4 is 0 Å². The Labute approximate surface area is 119 Å². The Balaban J connectivity index is 2.85. The second kappa shape index (κ2) is 5.21. The first kappa shape index (κ1) is 15.0. The Kier molecular flexibility index (Phi) is 3.73. The van der Waals surface area contributed by atoms with Crippen LogP contribution in [0.4, 0.5) is 17.6 Å². The van der Waals surface area contributed by atoms with E-state index in [0.717, 1.165) is 6.92 Å². The summed E-state index contributed by atoms with van der Waals surface area (Å²) in [5, 5.41) is 9.36. The maximum absolute atomic E-state index is 14.1. The Morgan fingerprint density at radius 2 is 1.38 bits per heavy atom. The molecule has 1 atom stereocenters. The van der Waals surface area contributed by atoms with Gasteiger partial charge in [-0.2, -0.15) is 5.26 Å². The molecular weight excluding hydrogens is 282 g/mol. The number of halogens is 4. The second-order valence-corrected chi connectivity index (χ2v) is 4.86. The van der Waals surface area contributed by atoms with E-state index in [1.54, 1.807) is 24.3 Å². The quantitative estimate of drug-likeness (QED) is 0.595. The zero-order valence-corrected chi connectivity index (χ0v) is 11.3. The first-order valence-electron chi connectivity index (χ1n) is 6.14. The van der Waals surface area contributed by atoms with Crippen LogP contribution in [0.5, 0.6) is 0 Å². The fourth-order valence-electron chi connectivity index (χ4n) is 2.22. The Morgan fingerprint density at radius 1 is 0.905 bits per heavy atom. The fourth-order valence-corrected chi connectivity index (χ4v) is 2.22. The Bertz CT molecular complexity index is 705. The van der Waals surface area contributed by atoms with Crippen molar-refractivity contribution in [2.75, 3.05) is 0 Å². The normalized spacial score (nSPS) is 13.6. The lowest BCUT2D eigenvalue weighted by Gasteiger charge is -2.24. The van der Waals surface area contributed by atoms with Crippen molar-refractivity contribution in [3.8, 4) is 6.07 Å². The third-order valence-electron chi connectivity index (χ3n) is 3.56. The molecule has 2 aromatic rings. The summed E-state index contributed by atoms with van der Waals surface area (Å²) in [5.74, 6) is -6.05. The molecule has 0 fully saturated rings. The summed E-state index contributed by atoms with van der Waals surface area (Å²) in [4.78, 5) is 0. The van der Waals surface area contributed by atoms with E-state index in [-0.39, 0.29) is 5.56 Å². The highest BCUT2D eigenvalue weighted by Crippen LogP contribution is 2.37. The summed E-state index contributed by atoms with van der Waals surface area (Å²) in [6.45, 7) is 2.16. The van der Waals surface area contributed by atoms with Crippen LogP contribution >= 0.6 is 0 Å². The van der Waals surface area contributed by atoms with Gasteiger partial charge in [-0.15, -0.1) is 0 Å². The van der Waals surface area contributed by atoms with E-state index in [1.807, 2.05) is 0 Å². The molecule has 0 aliphatic heterocycles. The van der Waals surface area contributed by atoms with E-state index < -0.39 is 39.8 Å². The third kappa shape index (κ3) is 2.17. The zero-order chi connectivity index (χ0) is 15.8. The number of nitrogens with zero attached hydrogens (tertiary/aromatic N) is 1. The minimum atomic E-state index is -1.84. The molecule has 0 saturated heterocycles. The van der Waals surface area contributed by atoms with Crippen LogP contribution in [0.2, 0.25) is 0 Å². The number of benzene rings is 2. The minimum Gasteiger partial charge on any atom is -0.203 e. The average Bonchev–Trinajstić information content (AvgIpc) is 2.51. The van der Waals surface area contributed by atoms with Crippen LogP contribution < -0.4 is 0 Å². The molecule has 5 heteroatoms. The van der Waals surface area contributed by atoms with Gasteiger partial charge in [-0.25, -0.2) is 17.6 Å². The van der Waals surface area contributed by atoms with E-state index >= 15 is 0 Å². The summed E-state index contributed by atoms with van der Waals surface area (Å²) in [6, 6.07) is 9.49. The van der Waals surface area contributed by atoms with E-state index in [2.05, 4.69) is 0 Å². The Hall–Kier alpha value is -2.35. The molecular formula is C16H11F4N. The number of nitriles is 1. The van der Waals surface area contributed by atoms with Gasteiger partial charge >= 0.3 is 0 Å². The highest BCUT2D eigenvalue weighted by atomic mass is 19.2. The van der Waals surface area contributed by atoms with Crippen LogP contribution in [0.3, 0.4) is 0 Å². The molecule has 0 aliphatic carbocycles. The molecule has 0 amide bonds. The molecule has 0 aliphatic rings. The van der Waals surface area contributed by atoms with Gasteiger partial charge in [-0.05, 0) is 19.4 Å².